The molecule has 2 aliphatic rings. The van der Waals surface area contributed by atoms with Gasteiger partial charge < -0.3 is 9.47 Å². The van der Waals surface area contributed by atoms with Crippen LogP contribution in [-0.2, 0) is 19.1 Å². The van der Waals surface area contributed by atoms with Gasteiger partial charge in [-0.2, -0.15) is 0 Å². The fourth-order valence-corrected chi connectivity index (χ4v) is 3.81. The summed E-state index contributed by atoms with van der Waals surface area (Å²) < 4.78 is 10.5. The molecule has 1 atom stereocenters. The summed E-state index contributed by atoms with van der Waals surface area (Å²) in [5.41, 5.74) is 2.23. The Bertz CT molecular complexity index is 627. The third-order valence-electron chi connectivity index (χ3n) is 4.96. The summed E-state index contributed by atoms with van der Waals surface area (Å²) in [6.45, 7) is 4.06. The average Bonchev–Trinajstić information content (AvgIpc) is 2.77. The van der Waals surface area contributed by atoms with E-state index in [0.29, 0.717) is 6.42 Å². The summed E-state index contributed by atoms with van der Waals surface area (Å²) in [5, 5.41) is 0. The molecule has 0 spiro atoms. The smallest absolute Gasteiger partial charge is 0.324 e. The lowest BCUT2D eigenvalue weighted by Crippen LogP contribution is -2.48. The van der Waals surface area contributed by atoms with Gasteiger partial charge in [-0.15, -0.1) is 0 Å². The van der Waals surface area contributed by atoms with Gasteiger partial charge in [0.2, 0.25) is 0 Å². The molecule has 122 valence electrons. The van der Waals surface area contributed by atoms with Crippen LogP contribution >= 0.6 is 0 Å². The zero-order valence-corrected chi connectivity index (χ0v) is 13.6. The SMILES string of the molecule is CCOC(=O)C1(C(=O)OCC)CC(c2ccccc2)=C2CCC21. The van der Waals surface area contributed by atoms with E-state index in [1.807, 2.05) is 30.3 Å². The van der Waals surface area contributed by atoms with Crippen LogP contribution in [0.1, 0.15) is 38.7 Å². The van der Waals surface area contributed by atoms with E-state index in [0.717, 1.165) is 24.0 Å². The molecule has 0 N–H and O–H groups in total. The highest BCUT2D eigenvalue weighted by Crippen LogP contribution is 2.60. The van der Waals surface area contributed by atoms with Gasteiger partial charge in [0.05, 0.1) is 13.2 Å². The van der Waals surface area contributed by atoms with E-state index in [1.54, 1.807) is 13.8 Å². The Hall–Kier alpha value is -2.10. The zero-order chi connectivity index (χ0) is 16.4. The molecule has 1 aromatic rings. The van der Waals surface area contributed by atoms with Crippen molar-refractivity contribution in [3.8, 4) is 0 Å². The molecule has 23 heavy (non-hydrogen) atoms. The summed E-state index contributed by atoms with van der Waals surface area (Å²) in [7, 11) is 0. The number of carbonyl (C=O) groups is 2. The number of rotatable bonds is 5. The summed E-state index contributed by atoms with van der Waals surface area (Å²) in [6.07, 6.45) is 2.16. The van der Waals surface area contributed by atoms with Crippen molar-refractivity contribution < 1.29 is 19.1 Å². The van der Waals surface area contributed by atoms with Crippen molar-refractivity contribution in [2.75, 3.05) is 13.2 Å². The summed E-state index contributed by atoms with van der Waals surface area (Å²) in [5.74, 6) is -0.950. The molecule has 0 saturated heterocycles. The minimum atomic E-state index is -1.19. The molecule has 4 nitrogen and oxygen atoms in total. The quantitative estimate of drug-likeness (QED) is 0.617. The number of carbonyl (C=O) groups excluding carboxylic acids is 2. The predicted octanol–water partition coefficient (Wildman–Crippen LogP) is 3.37. The van der Waals surface area contributed by atoms with Crippen molar-refractivity contribution in [3.63, 3.8) is 0 Å². The maximum absolute atomic E-state index is 12.7. The van der Waals surface area contributed by atoms with Gasteiger partial charge in [0, 0.05) is 12.3 Å². The Kier molecular flexibility index (Phi) is 4.24. The second-order valence-electron chi connectivity index (χ2n) is 6.05. The molecular formula is C19H22O4. The van der Waals surface area contributed by atoms with Crippen molar-refractivity contribution >= 4 is 17.5 Å². The summed E-state index contributed by atoms with van der Waals surface area (Å²) in [4.78, 5) is 25.4. The number of hydrogen-bond acceptors (Lipinski definition) is 4. The minimum Gasteiger partial charge on any atom is -0.465 e. The largest absolute Gasteiger partial charge is 0.465 e. The lowest BCUT2D eigenvalue weighted by Gasteiger charge is -2.37. The normalized spacial score (nSPS) is 21.4. The van der Waals surface area contributed by atoms with Crippen LogP contribution in [0.15, 0.2) is 35.9 Å². The van der Waals surface area contributed by atoms with Gasteiger partial charge in [-0.1, -0.05) is 35.9 Å². The van der Waals surface area contributed by atoms with E-state index in [2.05, 4.69) is 0 Å². The molecule has 1 aromatic carbocycles. The molecule has 4 heteroatoms. The average molecular weight is 314 g/mol. The number of fused-ring (bicyclic) bond motifs is 1. The zero-order valence-electron chi connectivity index (χ0n) is 13.6. The lowest BCUT2D eigenvalue weighted by atomic mass is 9.66. The summed E-state index contributed by atoms with van der Waals surface area (Å²) in [6, 6.07) is 9.98. The molecule has 2 aliphatic carbocycles. The second-order valence-corrected chi connectivity index (χ2v) is 6.05. The third kappa shape index (κ3) is 2.37. The van der Waals surface area contributed by atoms with Crippen molar-refractivity contribution in [1.29, 1.82) is 0 Å². The van der Waals surface area contributed by atoms with Crippen molar-refractivity contribution in [2.24, 2.45) is 11.3 Å². The number of hydrogen-bond donors (Lipinski definition) is 0. The van der Waals surface area contributed by atoms with Crippen LogP contribution in [0.2, 0.25) is 0 Å². The maximum Gasteiger partial charge on any atom is 0.324 e. The van der Waals surface area contributed by atoms with Crippen LogP contribution < -0.4 is 0 Å². The van der Waals surface area contributed by atoms with Crippen LogP contribution in [-0.4, -0.2) is 25.2 Å². The van der Waals surface area contributed by atoms with Crippen molar-refractivity contribution in [2.45, 2.75) is 33.1 Å². The van der Waals surface area contributed by atoms with Gasteiger partial charge in [0.15, 0.2) is 5.41 Å². The number of allylic oxidation sites excluding steroid dienone is 2. The number of esters is 2. The Morgan fingerprint density at radius 1 is 1.09 bits per heavy atom. The van der Waals surface area contributed by atoms with E-state index >= 15 is 0 Å². The van der Waals surface area contributed by atoms with Gasteiger partial charge in [0.25, 0.3) is 0 Å². The van der Waals surface area contributed by atoms with E-state index in [1.165, 1.54) is 5.57 Å². The highest BCUT2D eigenvalue weighted by molar-refractivity contribution is 6.05. The number of benzene rings is 1. The molecule has 0 radical (unpaired) electrons. The Morgan fingerprint density at radius 2 is 1.70 bits per heavy atom. The fourth-order valence-electron chi connectivity index (χ4n) is 3.81. The van der Waals surface area contributed by atoms with E-state index in [9.17, 15) is 9.59 Å². The second kappa shape index (κ2) is 6.19. The Labute approximate surface area is 136 Å². The van der Waals surface area contributed by atoms with E-state index in [4.69, 9.17) is 9.47 Å². The minimum absolute atomic E-state index is 0.0733. The highest BCUT2D eigenvalue weighted by atomic mass is 16.6. The predicted molar refractivity (Wildman–Crippen MR) is 86.4 cm³/mol. The summed E-state index contributed by atoms with van der Waals surface area (Å²) >= 11 is 0. The first-order valence-corrected chi connectivity index (χ1v) is 8.27. The van der Waals surface area contributed by atoms with Gasteiger partial charge >= 0.3 is 11.9 Å². The molecule has 0 heterocycles. The molecule has 0 bridgehead atoms. The first kappa shape index (κ1) is 15.8. The van der Waals surface area contributed by atoms with Crippen LogP contribution in [0, 0.1) is 11.3 Å². The van der Waals surface area contributed by atoms with Gasteiger partial charge in [-0.3, -0.25) is 9.59 Å². The third-order valence-corrected chi connectivity index (χ3v) is 4.96. The fraction of sp³-hybridized carbons (Fsp3) is 0.474. The highest BCUT2D eigenvalue weighted by Gasteiger charge is 2.62. The Balaban J connectivity index is 2.00. The topological polar surface area (TPSA) is 52.6 Å². The molecule has 1 fully saturated rings. The lowest BCUT2D eigenvalue weighted by molar-refractivity contribution is -0.175. The Morgan fingerprint density at radius 3 is 2.17 bits per heavy atom. The first-order chi connectivity index (χ1) is 11.1. The van der Waals surface area contributed by atoms with Gasteiger partial charge in [0.1, 0.15) is 0 Å². The molecule has 0 amide bonds. The van der Waals surface area contributed by atoms with Gasteiger partial charge in [-0.05, 0) is 37.8 Å². The molecule has 0 aromatic heterocycles. The van der Waals surface area contributed by atoms with Crippen LogP contribution in [0.5, 0.6) is 0 Å². The monoisotopic (exact) mass is 314 g/mol. The molecule has 3 rings (SSSR count). The molecular weight excluding hydrogens is 292 g/mol. The van der Waals surface area contributed by atoms with Gasteiger partial charge in [-0.25, -0.2) is 0 Å². The number of ether oxygens (including phenoxy) is 2. The van der Waals surface area contributed by atoms with Crippen LogP contribution in [0.3, 0.4) is 0 Å². The van der Waals surface area contributed by atoms with E-state index in [-0.39, 0.29) is 19.1 Å². The van der Waals surface area contributed by atoms with Crippen molar-refractivity contribution in [1.82, 2.24) is 0 Å². The standard InChI is InChI=1S/C19H22O4/c1-3-22-17(20)19(18(21)23-4-2)12-15(14-10-11-16(14)19)13-8-6-5-7-9-13/h5-9,16H,3-4,10-12H2,1-2H3. The van der Waals surface area contributed by atoms with E-state index < -0.39 is 17.4 Å². The first-order valence-electron chi connectivity index (χ1n) is 8.27. The van der Waals surface area contributed by atoms with Crippen LogP contribution in [0.25, 0.3) is 5.57 Å². The molecule has 0 aliphatic heterocycles. The maximum atomic E-state index is 12.7. The van der Waals surface area contributed by atoms with Crippen LogP contribution in [0.4, 0.5) is 0 Å². The molecule has 1 saturated carbocycles. The van der Waals surface area contributed by atoms with Crippen molar-refractivity contribution in [3.05, 3.63) is 41.5 Å². The molecule has 1 unspecified atom stereocenters.